The fourth-order valence-corrected chi connectivity index (χ4v) is 4.59. The molecule has 1 saturated heterocycles. The maximum atomic E-state index is 15.1. The van der Waals surface area contributed by atoms with Gasteiger partial charge >= 0.3 is 0 Å². The molecule has 1 fully saturated rings. The molecule has 4 rings (SSSR count). The molecular formula is C22H17Cl2F3N4O2. The number of halogens is 5. The summed E-state index contributed by atoms with van der Waals surface area (Å²) in [5, 5.41) is 2.58. The standard InChI is InChI=1S/C22H17Cl2F3N4O2/c1-3-15(32)31-7-6-22(9-31,16-13(25)5-4-12(23)17(16)24)29-14-8-11-20(19(27)18(14)26)28-10-30(2)21(11)33/h3-5,8,10,29H,1,6-7,9H2,2H3/t22-/m1/s1. The van der Waals surface area contributed by atoms with E-state index >= 15 is 8.78 Å². The van der Waals surface area contributed by atoms with E-state index in [-0.39, 0.29) is 40.5 Å². The Balaban J connectivity index is 1.94. The highest BCUT2D eigenvalue weighted by molar-refractivity contribution is 6.42. The average Bonchev–Trinajstić information content (AvgIpc) is 3.21. The van der Waals surface area contributed by atoms with Gasteiger partial charge in [-0.1, -0.05) is 29.8 Å². The highest BCUT2D eigenvalue weighted by atomic mass is 35.5. The van der Waals surface area contributed by atoms with Gasteiger partial charge in [-0.05, 0) is 30.7 Å². The van der Waals surface area contributed by atoms with E-state index in [4.69, 9.17) is 23.2 Å². The summed E-state index contributed by atoms with van der Waals surface area (Å²) in [6.45, 7) is 3.46. The highest BCUT2D eigenvalue weighted by Crippen LogP contribution is 2.43. The first-order valence-corrected chi connectivity index (χ1v) is 10.5. The summed E-state index contributed by atoms with van der Waals surface area (Å²) in [4.78, 5) is 29.9. The van der Waals surface area contributed by atoms with E-state index in [1.54, 1.807) is 0 Å². The van der Waals surface area contributed by atoms with E-state index in [1.165, 1.54) is 18.0 Å². The number of hydrogen-bond donors (Lipinski definition) is 1. The number of aromatic nitrogens is 2. The van der Waals surface area contributed by atoms with Crippen LogP contribution in [0.4, 0.5) is 18.9 Å². The maximum absolute atomic E-state index is 15.1. The lowest BCUT2D eigenvalue weighted by Crippen LogP contribution is -2.41. The quantitative estimate of drug-likeness (QED) is 0.429. The number of fused-ring (bicyclic) bond motifs is 1. The Morgan fingerprint density at radius 1 is 1.27 bits per heavy atom. The number of benzene rings is 2. The van der Waals surface area contributed by atoms with Crippen molar-refractivity contribution in [1.29, 1.82) is 0 Å². The molecule has 6 nitrogen and oxygen atoms in total. The van der Waals surface area contributed by atoms with Crippen LogP contribution in [-0.4, -0.2) is 33.4 Å². The number of nitrogens with zero attached hydrogens (tertiary/aromatic N) is 3. The number of aryl methyl sites for hydroxylation is 1. The zero-order chi connectivity index (χ0) is 24.1. The first-order chi connectivity index (χ1) is 15.6. The van der Waals surface area contributed by atoms with Gasteiger partial charge < -0.3 is 14.8 Å². The molecule has 2 heterocycles. The second-order valence-corrected chi connectivity index (χ2v) is 8.53. The van der Waals surface area contributed by atoms with Crippen molar-refractivity contribution >= 4 is 45.7 Å². The lowest BCUT2D eigenvalue weighted by atomic mass is 9.87. The van der Waals surface area contributed by atoms with E-state index in [0.717, 1.165) is 29.1 Å². The highest BCUT2D eigenvalue weighted by Gasteiger charge is 2.45. The van der Waals surface area contributed by atoms with Gasteiger partial charge in [-0.2, -0.15) is 0 Å². The molecule has 1 aliphatic heterocycles. The number of carbonyl (C=O) groups excluding carboxylic acids is 1. The fourth-order valence-electron chi connectivity index (χ4n) is 4.10. The van der Waals surface area contributed by atoms with E-state index in [1.807, 2.05) is 0 Å². The second kappa shape index (κ2) is 8.39. The van der Waals surface area contributed by atoms with Crippen molar-refractivity contribution in [3.63, 3.8) is 0 Å². The van der Waals surface area contributed by atoms with Gasteiger partial charge in [0.05, 0.1) is 33.0 Å². The number of likely N-dealkylation sites (tertiary alicyclic amines) is 1. The summed E-state index contributed by atoms with van der Waals surface area (Å²) in [5.74, 6) is -3.82. The largest absolute Gasteiger partial charge is 0.371 e. The number of anilines is 1. The topological polar surface area (TPSA) is 67.2 Å². The lowest BCUT2D eigenvalue weighted by Gasteiger charge is -2.33. The van der Waals surface area contributed by atoms with Crippen LogP contribution in [0.15, 0.2) is 42.0 Å². The predicted molar refractivity (Wildman–Crippen MR) is 120 cm³/mol. The summed E-state index contributed by atoms with van der Waals surface area (Å²) in [5.41, 5.74) is -3.02. The van der Waals surface area contributed by atoms with Crippen LogP contribution in [0.5, 0.6) is 0 Å². The summed E-state index contributed by atoms with van der Waals surface area (Å²) >= 11 is 12.5. The molecule has 11 heteroatoms. The normalized spacial score (nSPS) is 18.1. The predicted octanol–water partition coefficient (Wildman–Crippen LogP) is 4.38. The Kier molecular flexibility index (Phi) is 5.88. The molecule has 0 spiro atoms. The van der Waals surface area contributed by atoms with E-state index < -0.39 is 45.7 Å². The van der Waals surface area contributed by atoms with E-state index in [9.17, 15) is 14.0 Å². The molecule has 2 aromatic carbocycles. The van der Waals surface area contributed by atoms with Crippen LogP contribution >= 0.6 is 23.2 Å². The Labute approximate surface area is 196 Å². The number of nitrogens with one attached hydrogen (secondary N) is 1. The number of hydrogen-bond acceptors (Lipinski definition) is 4. The van der Waals surface area contributed by atoms with Crippen LogP contribution in [-0.2, 0) is 17.4 Å². The summed E-state index contributed by atoms with van der Waals surface area (Å²) < 4.78 is 46.1. The van der Waals surface area contributed by atoms with Crippen LogP contribution in [0.25, 0.3) is 10.9 Å². The van der Waals surface area contributed by atoms with Crippen molar-refractivity contribution in [3.05, 3.63) is 80.6 Å². The third kappa shape index (κ3) is 3.75. The van der Waals surface area contributed by atoms with Gasteiger partial charge in [0, 0.05) is 25.7 Å². The lowest BCUT2D eigenvalue weighted by molar-refractivity contribution is -0.125. The molecule has 0 bridgehead atoms. The summed E-state index contributed by atoms with van der Waals surface area (Å²) in [6, 6.07) is 3.48. The second-order valence-electron chi connectivity index (χ2n) is 7.75. The molecule has 172 valence electrons. The minimum absolute atomic E-state index is 0.0472. The summed E-state index contributed by atoms with van der Waals surface area (Å²) in [7, 11) is 1.42. The molecule has 0 unspecified atom stereocenters. The van der Waals surface area contributed by atoms with Gasteiger partial charge in [-0.25, -0.2) is 18.2 Å². The van der Waals surface area contributed by atoms with Gasteiger partial charge in [0.1, 0.15) is 11.3 Å². The Morgan fingerprint density at radius 2 is 2.00 bits per heavy atom. The SMILES string of the molecule is C=CC(=O)N1CC[C@](Nc2cc3c(=O)n(C)cnc3c(F)c2F)(c2c(F)ccc(Cl)c2Cl)C1. The molecular weight excluding hydrogens is 480 g/mol. The third-order valence-electron chi connectivity index (χ3n) is 5.74. The molecule has 3 aromatic rings. The van der Waals surface area contributed by atoms with Crippen molar-refractivity contribution in [3.8, 4) is 0 Å². The van der Waals surface area contributed by atoms with Crippen molar-refractivity contribution < 1.29 is 18.0 Å². The molecule has 1 N–H and O–H groups in total. The molecule has 1 aliphatic rings. The molecule has 1 atom stereocenters. The van der Waals surface area contributed by atoms with Gasteiger partial charge in [0.25, 0.3) is 5.56 Å². The van der Waals surface area contributed by atoms with Crippen LogP contribution < -0.4 is 10.9 Å². The van der Waals surface area contributed by atoms with Crippen LogP contribution in [0, 0.1) is 17.5 Å². The smallest absolute Gasteiger partial charge is 0.261 e. The molecule has 0 radical (unpaired) electrons. The Hall–Kier alpha value is -3.04. The summed E-state index contributed by atoms with van der Waals surface area (Å²) in [6.07, 6.45) is 2.27. The number of carbonyl (C=O) groups is 1. The Bertz CT molecular complexity index is 1380. The maximum Gasteiger partial charge on any atom is 0.261 e. The fraction of sp³-hybridized carbons (Fsp3) is 0.227. The zero-order valence-corrected chi connectivity index (χ0v) is 18.8. The monoisotopic (exact) mass is 496 g/mol. The molecule has 0 aliphatic carbocycles. The molecule has 1 amide bonds. The van der Waals surface area contributed by atoms with Crippen LogP contribution in [0.1, 0.15) is 12.0 Å². The average molecular weight is 497 g/mol. The van der Waals surface area contributed by atoms with Crippen LogP contribution in [0.2, 0.25) is 10.0 Å². The van der Waals surface area contributed by atoms with E-state index in [0.29, 0.717) is 0 Å². The van der Waals surface area contributed by atoms with Crippen molar-refractivity contribution in [1.82, 2.24) is 14.5 Å². The van der Waals surface area contributed by atoms with Crippen molar-refractivity contribution in [2.45, 2.75) is 12.0 Å². The van der Waals surface area contributed by atoms with Gasteiger partial charge in [-0.15, -0.1) is 0 Å². The third-order valence-corrected chi connectivity index (χ3v) is 6.55. The van der Waals surface area contributed by atoms with Gasteiger partial charge in [-0.3, -0.25) is 9.59 Å². The Morgan fingerprint density at radius 3 is 2.70 bits per heavy atom. The van der Waals surface area contributed by atoms with Crippen molar-refractivity contribution in [2.75, 3.05) is 18.4 Å². The minimum Gasteiger partial charge on any atom is -0.371 e. The van der Waals surface area contributed by atoms with Crippen LogP contribution in [0.3, 0.4) is 0 Å². The molecule has 33 heavy (non-hydrogen) atoms. The van der Waals surface area contributed by atoms with Crippen molar-refractivity contribution in [2.24, 2.45) is 7.05 Å². The number of amides is 1. The zero-order valence-electron chi connectivity index (χ0n) is 17.3. The number of rotatable bonds is 4. The first-order valence-electron chi connectivity index (χ1n) is 9.76. The molecule has 1 aromatic heterocycles. The first kappa shape index (κ1) is 23.1. The molecule has 0 saturated carbocycles. The van der Waals surface area contributed by atoms with E-state index in [2.05, 4.69) is 16.9 Å². The minimum atomic E-state index is -1.47. The van der Waals surface area contributed by atoms with Gasteiger partial charge in [0.15, 0.2) is 11.6 Å². The van der Waals surface area contributed by atoms with Gasteiger partial charge in [0.2, 0.25) is 5.91 Å².